The summed E-state index contributed by atoms with van der Waals surface area (Å²) in [6.07, 6.45) is 4.27. The van der Waals surface area contributed by atoms with E-state index in [4.69, 9.17) is 10.5 Å². The fourth-order valence-corrected chi connectivity index (χ4v) is 3.50. The van der Waals surface area contributed by atoms with Crippen LogP contribution in [-0.4, -0.2) is 50.3 Å². The van der Waals surface area contributed by atoms with Crippen LogP contribution >= 0.6 is 0 Å². The van der Waals surface area contributed by atoms with Crippen molar-refractivity contribution in [3.63, 3.8) is 0 Å². The molecular weight excluding hydrogens is 420 g/mol. The van der Waals surface area contributed by atoms with Gasteiger partial charge in [-0.1, -0.05) is 13.8 Å². The molecule has 0 saturated heterocycles. The topological polar surface area (TPSA) is 128 Å². The summed E-state index contributed by atoms with van der Waals surface area (Å²) in [5.41, 5.74) is 8.90. The molecule has 3 heterocycles. The van der Waals surface area contributed by atoms with Crippen molar-refractivity contribution in [2.75, 3.05) is 25.5 Å². The van der Waals surface area contributed by atoms with Crippen molar-refractivity contribution >= 4 is 33.7 Å². The van der Waals surface area contributed by atoms with E-state index in [1.165, 1.54) is 6.20 Å². The molecule has 0 aliphatic heterocycles. The van der Waals surface area contributed by atoms with E-state index in [9.17, 15) is 9.90 Å². The maximum Gasteiger partial charge on any atom is 0.252 e. The third-order valence-electron chi connectivity index (χ3n) is 5.03. The first-order valence-corrected chi connectivity index (χ1v) is 11.0. The zero-order valence-corrected chi connectivity index (χ0v) is 19.2. The lowest BCUT2D eigenvalue weighted by molar-refractivity contribution is 0.0951. The summed E-state index contributed by atoms with van der Waals surface area (Å²) in [4.78, 5) is 24.9. The normalized spacial score (nSPS) is 10.7. The van der Waals surface area contributed by atoms with Gasteiger partial charge in [0, 0.05) is 43.9 Å². The number of aromatic nitrogens is 4. The number of nitrogens with zero attached hydrogens (tertiary/aromatic N) is 4. The van der Waals surface area contributed by atoms with Gasteiger partial charge in [-0.2, -0.15) is 0 Å². The van der Waals surface area contributed by atoms with Gasteiger partial charge in [-0.25, -0.2) is 9.97 Å². The van der Waals surface area contributed by atoms with Gasteiger partial charge in [-0.05, 0) is 30.7 Å². The fraction of sp³-hybridized carbons (Fsp3) is 0.333. The van der Waals surface area contributed by atoms with Crippen molar-refractivity contribution < 1.29 is 14.6 Å². The quantitative estimate of drug-likeness (QED) is 0.352. The Morgan fingerprint density at radius 3 is 2.79 bits per heavy atom. The number of ether oxygens (including phenoxy) is 1. The molecule has 0 aliphatic carbocycles. The zero-order chi connectivity index (χ0) is 23.8. The summed E-state index contributed by atoms with van der Waals surface area (Å²) in [5, 5.41) is 13.0. The Balaban J connectivity index is 0.00000149. The number of amides is 1. The van der Waals surface area contributed by atoms with Gasteiger partial charge in [0.1, 0.15) is 17.1 Å². The first-order valence-electron chi connectivity index (χ1n) is 11.0. The van der Waals surface area contributed by atoms with Crippen molar-refractivity contribution in [3.8, 4) is 5.75 Å². The monoisotopic (exact) mass is 450 g/mol. The average Bonchev–Trinajstić information content (AvgIpc) is 3.17. The average molecular weight is 451 g/mol. The van der Waals surface area contributed by atoms with Crippen LogP contribution in [0.4, 0.5) is 5.82 Å². The van der Waals surface area contributed by atoms with Gasteiger partial charge < -0.3 is 25.5 Å². The number of imidazole rings is 1. The molecular formula is C24H30N6O3. The molecule has 0 fully saturated rings. The van der Waals surface area contributed by atoms with E-state index >= 15 is 0 Å². The van der Waals surface area contributed by atoms with E-state index < -0.39 is 0 Å². The molecule has 0 bridgehead atoms. The van der Waals surface area contributed by atoms with Crippen molar-refractivity contribution in [1.29, 1.82) is 0 Å². The summed E-state index contributed by atoms with van der Waals surface area (Å²) < 4.78 is 7.77. The molecule has 174 valence electrons. The maximum absolute atomic E-state index is 12.0. The van der Waals surface area contributed by atoms with Crippen molar-refractivity contribution in [2.45, 2.75) is 26.7 Å². The van der Waals surface area contributed by atoms with Crippen molar-refractivity contribution in [3.05, 3.63) is 54.1 Å². The predicted octanol–water partition coefficient (Wildman–Crippen LogP) is 2.86. The molecule has 9 heteroatoms. The highest BCUT2D eigenvalue weighted by atomic mass is 16.5. The van der Waals surface area contributed by atoms with Crippen LogP contribution in [0.5, 0.6) is 5.75 Å². The lowest BCUT2D eigenvalue weighted by Crippen LogP contribution is -2.25. The third kappa shape index (κ3) is 5.38. The van der Waals surface area contributed by atoms with Crippen molar-refractivity contribution in [2.24, 2.45) is 7.05 Å². The van der Waals surface area contributed by atoms with E-state index in [0.717, 1.165) is 16.7 Å². The highest BCUT2D eigenvalue weighted by Crippen LogP contribution is 2.30. The summed E-state index contributed by atoms with van der Waals surface area (Å²) >= 11 is 0. The highest BCUT2D eigenvalue weighted by Gasteiger charge is 2.15. The number of pyridine rings is 2. The van der Waals surface area contributed by atoms with Crippen LogP contribution in [0.25, 0.3) is 21.9 Å². The van der Waals surface area contributed by atoms with E-state index in [2.05, 4.69) is 20.3 Å². The molecule has 0 spiro atoms. The van der Waals surface area contributed by atoms with Gasteiger partial charge in [0.2, 0.25) is 0 Å². The molecule has 0 unspecified atom stereocenters. The van der Waals surface area contributed by atoms with Gasteiger partial charge >= 0.3 is 0 Å². The smallest absolute Gasteiger partial charge is 0.252 e. The number of nitrogens with two attached hydrogens (primary N) is 1. The largest absolute Gasteiger partial charge is 0.493 e. The van der Waals surface area contributed by atoms with Gasteiger partial charge in [-0.3, -0.25) is 9.78 Å². The second kappa shape index (κ2) is 11.2. The minimum Gasteiger partial charge on any atom is -0.493 e. The Bertz CT molecular complexity index is 1220. The number of aryl methyl sites for hydroxylation is 1. The Labute approximate surface area is 192 Å². The number of anilines is 1. The number of rotatable bonds is 8. The molecule has 0 radical (unpaired) electrons. The van der Waals surface area contributed by atoms with Gasteiger partial charge in [-0.15, -0.1) is 0 Å². The van der Waals surface area contributed by atoms with Crippen LogP contribution in [0.2, 0.25) is 0 Å². The van der Waals surface area contributed by atoms with Crippen LogP contribution in [0.3, 0.4) is 0 Å². The SMILES string of the molecule is CC.Cn1c(CCO)nc2c(N)nc3cc(OCCCNC(=O)c4cccnc4)ccc3c21. The second-order valence-electron chi connectivity index (χ2n) is 7.13. The number of fused-ring (bicyclic) bond motifs is 3. The summed E-state index contributed by atoms with van der Waals surface area (Å²) in [7, 11) is 1.91. The van der Waals surface area contributed by atoms with Crippen LogP contribution in [0.1, 0.15) is 36.5 Å². The Morgan fingerprint density at radius 1 is 1.24 bits per heavy atom. The molecule has 0 aliphatic rings. The number of nitrogens with one attached hydrogen (secondary N) is 1. The standard InChI is InChI=1S/C22H24N6O3.C2H6/c1-28-18(7-10-29)27-19-20(28)16-6-5-15(12-17(16)26-21(19)23)31-11-3-9-25-22(30)14-4-2-8-24-13-14;1-2/h2,4-6,8,12-13,29H,3,7,9-11H2,1H3,(H2,23,26)(H,25,30);1-2H3. The zero-order valence-electron chi connectivity index (χ0n) is 19.2. The number of carbonyl (C=O) groups excluding carboxylic acids is 1. The Morgan fingerprint density at radius 2 is 2.06 bits per heavy atom. The van der Waals surface area contributed by atoms with E-state index in [0.29, 0.717) is 54.2 Å². The minimum atomic E-state index is -0.153. The molecule has 3 aromatic heterocycles. The first kappa shape index (κ1) is 23.9. The molecule has 1 aromatic carbocycles. The molecule has 4 N–H and O–H groups in total. The number of benzene rings is 1. The van der Waals surface area contributed by atoms with E-state index in [-0.39, 0.29) is 12.5 Å². The maximum atomic E-state index is 12.0. The molecule has 1 amide bonds. The summed E-state index contributed by atoms with van der Waals surface area (Å²) in [5.74, 6) is 1.62. The lowest BCUT2D eigenvalue weighted by Gasteiger charge is -2.09. The Hall–Kier alpha value is -3.72. The molecule has 0 atom stereocenters. The minimum absolute atomic E-state index is 0.0170. The number of carbonyl (C=O) groups is 1. The number of nitrogen functional groups attached to an aromatic ring is 1. The Kier molecular flexibility index (Phi) is 8.15. The van der Waals surface area contributed by atoms with Gasteiger partial charge in [0.05, 0.1) is 29.8 Å². The van der Waals surface area contributed by atoms with Gasteiger partial charge in [0.15, 0.2) is 5.82 Å². The summed E-state index contributed by atoms with van der Waals surface area (Å²) in [6, 6.07) is 9.11. The fourth-order valence-electron chi connectivity index (χ4n) is 3.50. The molecule has 0 saturated carbocycles. The second-order valence-corrected chi connectivity index (χ2v) is 7.13. The van der Waals surface area contributed by atoms with Crippen LogP contribution in [-0.2, 0) is 13.5 Å². The summed E-state index contributed by atoms with van der Waals surface area (Å²) in [6.45, 7) is 4.96. The first-order chi connectivity index (χ1) is 16.1. The van der Waals surface area contributed by atoms with Gasteiger partial charge in [0.25, 0.3) is 5.91 Å². The van der Waals surface area contributed by atoms with Crippen LogP contribution < -0.4 is 15.8 Å². The molecule has 9 nitrogen and oxygen atoms in total. The number of aliphatic hydroxyl groups excluding tert-OH is 1. The lowest BCUT2D eigenvalue weighted by atomic mass is 10.1. The predicted molar refractivity (Wildman–Crippen MR) is 129 cm³/mol. The third-order valence-corrected chi connectivity index (χ3v) is 5.03. The van der Waals surface area contributed by atoms with E-state index in [1.54, 1.807) is 18.3 Å². The van der Waals surface area contributed by atoms with E-state index in [1.807, 2.05) is 43.7 Å². The number of hydrogen-bond acceptors (Lipinski definition) is 7. The number of aliphatic hydroxyl groups is 1. The van der Waals surface area contributed by atoms with Crippen molar-refractivity contribution in [1.82, 2.24) is 24.8 Å². The number of hydrogen-bond donors (Lipinski definition) is 3. The highest BCUT2D eigenvalue weighted by molar-refractivity contribution is 6.06. The van der Waals surface area contributed by atoms with Crippen LogP contribution in [0, 0.1) is 0 Å². The van der Waals surface area contributed by atoms with Crippen LogP contribution in [0.15, 0.2) is 42.7 Å². The molecule has 4 rings (SSSR count). The molecule has 33 heavy (non-hydrogen) atoms. The molecule has 4 aromatic rings.